The van der Waals surface area contributed by atoms with Gasteiger partial charge in [-0.2, -0.15) is 0 Å². The number of allylic oxidation sites excluding steroid dienone is 2. The number of aliphatic hydroxyl groups excluding tert-OH is 1. The predicted molar refractivity (Wildman–Crippen MR) is 65.8 cm³/mol. The summed E-state index contributed by atoms with van der Waals surface area (Å²) in [7, 11) is 0. The highest BCUT2D eigenvalue weighted by Crippen LogP contribution is 2.67. The molecule has 18 heavy (non-hydrogen) atoms. The van der Waals surface area contributed by atoms with Gasteiger partial charge in [-0.15, -0.1) is 0 Å². The van der Waals surface area contributed by atoms with E-state index < -0.39 is 11.8 Å². The van der Waals surface area contributed by atoms with Crippen molar-refractivity contribution in [2.45, 2.75) is 27.2 Å². The van der Waals surface area contributed by atoms with E-state index >= 15 is 0 Å². The summed E-state index contributed by atoms with van der Waals surface area (Å²) in [5, 5.41) is 9.93. The lowest BCUT2D eigenvalue weighted by molar-refractivity contribution is -0.151. The summed E-state index contributed by atoms with van der Waals surface area (Å²) in [4.78, 5) is 22.6. The second-order valence-electron chi connectivity index (χ2n) is 5.41. The molecule has 1 saturated carbocycles. The monoisotopic (exact) mass is 250 g/mol. The molecule has 0 bridgehead atoms. The first kappa shape index (κ1) is 12.9. The molecule has 0 aromatic heterocycles. The minimum Gasteiger partial charge on any atom is -0.508 e. The standard InChI is InChI=1S/C14H18O4/c1-4-18-13(17)11(16)7-10(15)8-5-6-9-12(8)14(9,2)3/h5,7,9,12,15H,4,6H2,1-3H3/b10-7-. The number of fused-ring (bicyclic) bond motifs is 1. The Morgan fingerprint density at radius 2 is 2.22 bits per heavy atom. The number of hydrogen-bond acceptors (Lipinski definition) is 4. The zero-order valence-corrected chi connectivity index (χ0v) is 10.9. The molecule has 4 nitrogen and oxygen atoms in total. The van der Waals surface area contributed by atoms with Gasteiger partial charge in [0.1, 0.15) is 5.76 Å². The van der Waals surface area contributed by atoms with Crippen LogP contribution in [0.15, 0.2) is 23.5 Å². The topological polar surface area (TPSA) is 63.6 Å². The van der Waals surface area contributed by atoms with Crippen LogP contribution in [0.5, 0.6) is 0 Å². The number of esters is 1. The summed E-state index contributed by atoms with van der Waals surface area (Å²) in [6, 6.07) is 0. The van der Waals surface area contributed by atoms with Gasteiger partial charge in [-0.1, -0.05) is 19.9 Å². The molecule has 4 heteroatoms. The Labute approximate surface area is 106 Å². The van der Waals surface area contributed by atoms with Crippen LogP contribution in [0.3, 0.4) is 0 Å². The fourth-order valence-corrected chi connectivity index (χ4v) is 2.91. The zero-order chi connectivity index (χ0) is 13.5. The van der Waals surface area contributed by atoms with Crippen molar-refractivity contribution in [3.8, 4) is 0 Å². The van der Waals surface area contributed by atoms with E-state index in [1.165, 1.54) is 0 Å². The maximum Gasteiger partial charge on any atom is 0.379 e. The van der Waals surface area contributed by atoms with Gasteiger partial charge in [0, 0.05) is 6.08 Å². The minimum atomic E-state index is -0.922. The van der Waals surface area contributed by atoms with Gasteiger partial charge in [0.25, 0.3) is 5.78 Å². The lowest BCUT2D eigenvalue weighted by Crippen LogP contribution is -2.15. The van der Waals surface area contributed by atoms with Crippen molar-refractivity contribution in [2.24, 2.45) is 17.3 Å². The molecule has 2 rings (SSSR count). The number of rotatable bonds is 4. The quantitative estimate of drug-likeness (QED) is 0.359. The Hall–Kier alpha value is -1.58. The minimum absolute atomic E-state index is 0.0915. The Kier molecular flexibility index (Phi) is 3.05. The van der Waals surface area contributed by atoms with Crippen molar-refractivity contribution in [2.75, 3.05) is 6.61 Å². The van der Waals surface area contributed by atoms with E-state index in [0.29, 0.717) is 11.8 Å². The zero-order valence-electron chi connectivity index (χ0n) is 10.9. The van der Waals surface area contributed by atoms with Gasteiger partial charge < -0.3 is 9.84 Å². The smallest absolute Gasteiger partial charge is 0.379 e. The molecule has 0 aromatic rings. The third-order valence-electron chi connectivity index (χ3n) is 4.02. The van der Waals surface area contributed by atoms with E-state index in [1.54, 1.807) is 6.92 Å². The molecule has 0 saturated heterocycles. The molecule has 1 N–H and O–H groups in total. The molecule has 1 fully saturated rings. The molecule has 98 valence electrons. The molecular weight excluding hydrogens is 232 g/mol. The highest BCUT2D eigenvalue weighted by Gasteiger charge is 2.61. The first-order valence-corrected chi connectivity index (χ1v) is 6.21. The van der Waals surface area contributed by atoms with E-state index in [9.17, 15) is 14.7 Å². The van der Waals surface area contributed by atoms with Crippen molar-refractivity contribution >= 4 is 11.8 Å². The normalized spacial score (nSPS) is 28.4. The Morgan fingerprint density at radius 1 is 1.56 bits per heavy atom. The third-order valence-corrected chi connectivity index (χ3v) is 4.02. The third kappa shape index (κ3) is 1.96. The predicted octanol–water partition coefficient (Wildman–Crippen LogP) is 2.16. The van der Waals surface area contributed by atoms with Crippen molar-refractivity contribution in [3.05, 3.63) is 23.5 Å². The average Bonchev–Trinajstić information content (AvgIpc) is 2.68. The van der Waals surface area contributed by atoms with Gasteiger partial charge in [0.15, 0.2) is 0 Å². The summed E-state index contributed by atoms with van der Waals surface area (Å²) < 4.78 is 4.58. The van der Waals surface area contributed by atoms with Crippen molar-refractivity contribution in [1.82, 2.24) is 0 Å². The molecule has 0 heterocycles. The van der Waals surface area contributed by atoms with E-state index in [1.807, 2.05) is 6.08 Å². The van der Waals surface area contributed by atoms with Gasteiger partial charge in [0.05, 0.1) is 6.61 Å². The van der Waals surface area contributed by atoms with Crippen LogP contribution in [0, 0.1) is 17.3 Å². The molecule has 0 amide bonds. The summed E-state index contributed by atoms with van der Waals surface area (Å²) >= 11 is 0. The van der Waals surface area contributed by atoms with Gasteiger partial charge in [-0.25, -0.2) is 4.79 Å². The molecule has 2 aliphatic rings. The van der Waals surface area contributed by atoms with Crippen molar-refractivity contribution in [3.63, 3.8) is 0 Å². The fourth-order valence-electron chi connectivity index (χ4n) is 2.91. The SMILES string of the molecule is CCOC(=O)C(=O)/C=C(\O)C1=CCC2C1C2(C)C. The highest BCUT2D eigenvalue weighted by atomic mass is 16.5. The molecule has 0 aromatic carbocycles. The molecule has 2 unspecified atom stereocenters. The number of aliphatic hydroxyl groups is 1. The van der Waals surface area contributed by atoms with Crippen molar-refractivity contribution in [1.29, 1.82) is 0 Å². The lowest BCUT2D eigenvalue weighted by atomic mass is 9.98. The van der Waals surface area contributed by atoms with E-state index in [0.717, 1.165) is 18.1 Å². The molecule has 0 aliphatic heterocycles. The lowest BCUT2D eigenvalue weighted by Gasteiger charge is -2.09. The summed E-state index contributed by atoms with van der Waals surface area (Å²) in [5.74, 6) is -0.956. The molecule has 0 radical (unpaired) electrons. The van der Waals surface area contributed by atoms with Crippen molar-refractivity contribution < 1.29 is 19.4 Å². The molecule has 2 aliphatic carbocycles. The second kappa shape index (κ2) is 4.26. The Morgan fingerprint density at radius 3 is 2.72 bits per heavy atom. The largest absolute Gasteiger partial charge is 0.508 e. The first-order valence-electron chi connectivity index (χ1n) is 6.21. The maximum atomic E-state index is 11.4. The van der Waals surface area contributed by atoms with Gasteiger partial charge in [0.2, 0.25) is 0 Å². The summed E-state index contributed by atoms with van der Waals surface area (Å²) in [5.41, 5.74) is 0.987. The number of hydrogen-bond donors (Lipinski definition) is 1. The second-order valence-corrected chi connectivity index (χ2v) is 5.41. The number of ether oxygens (including phenoxy) is 1. The van der Waals surface area contributed by atoms with E-state index in [-0.39, 0.29) is 17.8 Å². The molecule has 0 spiro atoms. The van der Waals surface area contributed by atoms with E-state index in [2.05, 4.69) is 18.6 Å². The van der Waals surface area contributed by atoms with Crippen LogP contribution in [0.2, 0.25) is 0 Å². The average molecular weight is 250 g/mol. The first-order chi connectivity index (χ1) is 8.39. The Bertz CT molecular complexity index is 456. The van der Waals surface area contributed by atoms with Crippen LogP contribution < -0.4 is 0 Å². The fraction of sp³-hybridized carbons (Fsp3) is 0.571. The van der Waals surface area contributed by atoms with Gasteiger partial charge >= 0.3 is 5.97 Å². The highest BCUT2D eigenvalue weighted by molar-refractivity contribution is 6.38. The van der Waals surface area contributed by atoms with Gasteiger partial charge in [-0.05, 0) is 36.2 Å². The van der Waals surface area contributed by atoms with Crippen LogP contribution in [-0.4, -0.2) is 23.5 Å². The number of ketones is 1. The molecule has 2 atom stereocenters. The summed E-state index contributed by atoms with van der Waals surface area (Å²) in [6.45, 7) is 6.08. The van der Waals surface area contributed by atoms with Crippen LogP contribution in [0.25, 0.3) is 0 Å². The Balaban J connectivity index is 2.07. The van der Waals surface area contributed by atoms with Gasteiger partial charge in [-0.3, -0.25) is 4.79 Å². The van der Waals surface area contributed by atoms with Crippen LogP contribution >= 0.6 is 0 Å². The van der Waals surface area contributed by atoms with Crippen LogP contribution in [0.1, 0.15) is 27.2 Å². The van der Waals surface area contributed by atoms with Crippen LogP contribution in [-0.2, 0) is 14.3 Å². The molecular formula is C14H18O4. The number of carbonyl (C=O) groups excluding carboxylic acids is 2. The van der Waals surface area contributed by atoms with Crippen LogP contribution in [0.4, 0.5) is 0 Å². The summed E-state index contributed by atoms with van der Waals surface area (Å²) in [6.07, 6.45) is 3.85. The maximum absolute atomic E-state index is 11.4. The number of carbonyl (C=O) groups is 2. The van der Waals surface area contributed by atoms with E-state index in [4.69, 9.17) is 0 Å².